The molecule has 6 heteroatoms. The van der Waals surface area contributed by atoms with E-state index in [-0.39, 0.29) is 23.3 Å². The lowest BCUT2D eigenvalue weighted by atomic mass is 9.64. The number of hydrogen-bond donors (Lipinski definition) is 1. The first-order valence-corrected chi connectivity index (χ1v) is 13.7. The van der Waals surface area contributed by atoms with E-state index < -0.39 is 23.4 Å². The number of para-hydroxylation sites is 1. The molecule has 1 saturated heterocycles. The Morgan fingerprint density at radius 3 is 2.54 bits per heavy atom. The van der Waals surface area contributed by atoms with Crippen LogP contribution in [0, 0.1) is 11.7 Å². The van der Waals surface area contributed by atoms with Crippen LogP contribution < -0.4 is 10.2 Å². The number of anilines is 2. The number of hydrogen-bond acceptors (Lipinski definition) is 4. The van der Waals surface area contributed by atoms with Gasteiger partial charge in [-0.1, -0.05) is 74.4 Å². The SMILES string of the molecule is CCCCCc1ccc(C(=O)C2C(C(C)=O)N3c4ccc(F)cc4C=CC3C23C(=O)Nc2ccccc23)cc1. The Hall–Kier alpha value is -4.06. The van der Waals surface area contributed by atoms with Gasteiger partial charge < -0.3 is 10.2 Å². The molecule has 0 saturated carbocycles. The summed E-state index contributed by atoms with van der Waals surface area (Å²) < 4.78 is 14.2. The monoisotopic (exact) mass is 522 g/mol. The van der Waals surface area contributed by atoms with Crippen molar-refractivity contribution >= 4 is 34.9 Å². The minimum Gasteiger partial charge on any atom is -0.352 e. The maximum Gasteiger partial charge on any atom is 0.238 e. The number of halogens is 1. The molecule has 1 amide bonds. The summed E-state index contributed by atoms with van der Waals surface area (Å²) in [7, 11) is 0. The van der Waals surface area contributed by atoms with Crippen molar-refractivity contribution in [2.75, 3.05) is 10.2 Å². The molecule has 0 aromatic heterocycles. The van der Waals surface area contributed by atoms with Crippen LogP contribution >= 0.6 is 0 Å². The van der Waals surface area contributed by atoms with Crippen LogP contribution in [0.2, 0.25) is 0 Å². The number of unbranched alkanes of at least 4 members (excludes halogenated alkanes) is 2. The molecule has 0 aliphatic carbocycles. The first-order valence-electron chi connectivity index (χ1n) is 13.7. The quantitative estimate of drug-likeness (QED) is 0.300. The maximum absolute atomic E-state index is 14.5. The summed E-state index contributed by atoms with van der Waals surface area (Å²) in [5.41, 5.74) is 2.92. The number of benzene rings is 3. The topological polar surface area (TPSA) is 66.5 Å². The van der Waals surface area contributed by atoms with Gasteiger partial charge >= 0.3 is 0 Å². The van der Waals surface area contributed by atoms with Gasteiger partial charge in [0.2, 0.25) is 5.91 Å². The van der Waals surface area contributed by atoms with E-state index in [4.69, 9.17) is 0 Å². The molecule has 4 unspecified atom stereocenters. The molecule has 0 radical (unpaired) electrons. The zero-order valence-electron chi connectivity index (χ0n) is 22.1. The fourth-order valence-corrected chi connectivity index (χ4v) is 6.90. The van der Waals surface area contributed by atoms with Crippen molar-refractivity contribution in [3.8, 4) is 0 Å². The van der Waals surface area contributed by atoms with Crippen LogP contribution in [0.5, 0.6) is 0 Å². The lowest BCUT2D eigenvalue weighted by molar-refractivity contribution is -0.122. The van der Waals surface area contributed by atoms with Gasteiger partial charge in [0, 0.05) is 22.5 Å². The van der Waals surface area contributed by atoms with E-state index in [1.807, 2.05) is 59.5 Å². The second-order valence-electron chi connectivity index (χ2n) is 10.8. The lowest BCUT2D eigenvalue weighted by Gasteiger charge is -2.37. The Balaban J connectivity index is 1.52. The molecular formula is C33H31FN2O3. The van der Waals surface area contributed by atoms with Gasteiger partial charge in [0.1, 0.15) is 11.2 Å². The van der Waals surface area contributed by atoms with E-state index in [9.17, 15) is 18.8 Å². The van der Waals surface area contributed by atoms with Crippen molar-refractivity contribution in [1.82, 2.24) is 0 Å². The van der Waals surface area contributed by atoms with Gasteiger partial charge in [0.15, 0.2) is 11.6 Å². The summed E-state index contributed by atoms with van der Waals surface area (Å²) >= 11 is 0. The number of carbonyl (C=O) groups excluding carboxylic acids is 3. The molecule has 4 atom stereocenters. The molecule has 1 fully saturated rings. The van der Waals surface area contributed by atoms with Gasteiger partial charge in [-0.2, -0.15) is 0 Å². The molecule has 6 rings (SSSR count). The number of amides is 1. The van der Waals surface area contributed by atoms with Crippen molar-refractivity contribution in [3.63, 3.8) is 0 Å². The maximum atomic E-state index is 14.5. The van der Waals surface area contributed by atoms with Crippen molar-refractivity contribution in [3.05, 3.63) is 101 Å². The van der Waals surface area contributed by atoms with Crippen LogP contribution in [0.3, 0.4) is 0 Å². The molecule has 1 N–H and O–H groups in total. The zero-order valence-corrected chi connectivity index (χ0v) is 22.1. The standard InChI is InChI=1S/C33H31FN2O3/c1-3-4-5-8-21-11-13-22(14-12-21)31(38)29-30(20(2)37)36-27-17-16-24(34)19-23(27)15-18-28(36)33(29)25-9-6-7-10-26(25)35-32(33)39/h6-7,9-19,28-30H,3-5,8H2,1-2H3,(H,35,39). The number of fused-ring (bicyclic) bond motifs is 6. The third kappa shape index (κ3) is 3.76. The van der Waals surface area contributed by atoms with Crippen LogP contribution in [-0.4, -0.2) is 29.6 Å². The molecule has 0 bridgehead atoms. The molecule has 198 valence electrons. The number of Topliss-reactive ketones (excluding diaryl/α,β-unsaturated/α-hetero) is 2. The Bertz CT molecular complexity index is 1510. The fraction of sp³-hybridized carbons (Fsp3) is 0.303. The normalized spacial score (nSPS) is 24.3. The number of aryl methyl sites for hydroxylation is 1. The van der Waals surface area contributed by atoms with E-state index in [1.165, 1.54) is 19.1 Å². The van der Waals surface area contributed by atoms with Gasteiger partial charge in [0.25, 0.3) is 0 Å². The van der Waals surface area contributed by atoms with Crippen LogP contribution in [0.1, 0.15) is 60.2 Å². The summed E-state index contributed by atoms with van der Waals surface area (Å²) in [5.74, 6) is -2.12. The molecule has 39 heavy (non-hydrogen) atoms. The molecule has 3 aromatic rings. The number of nitrogens with zero attached hydrogens (tertiary/aromatic N) is 1. The van der Waals surface area contributed by atoms with Crippen molar-refractivity contribution < 1.29 is 18.8 Å². The largest absolute Gasteiger partial charge is 0.352 e. The predicted molar refractivity (Wildman–Crippen MR) is 150 cm³/mol. The van der Waals surface area contributed by atoms with Gasteiger partial charge in [0.05, 0.1) is 18.0 Å². The summed E-state index contributed by atoms with van der Waals surface area (Å²) in [4.78, 5) is 43.9. The highest BCUT2D eigenvalue weighted by atomic mass is 19.1. The Kier molecular flexibility index (Phi) is 6.21. The van der Waals surface area contributed by atoms with Crippen LogP contribution in [-0.2, 0) is 21.4 Å². The summed E-state index contributed by atoms with van der Waals surface area (Å²) in [6, 6.07) is 17.9. The van der Waals surface area contributed by atoms with E-state index in [0.717, 1.165) is 31.2 Å². The summed E-state index contributed by atoms with van der Waals surface area (Å²) in [5, 5.41) is 3.01. The first-order chi connectivity index (χ1) is 18.9. The first kappa shape index (κ1) is 25.2. The van der Waals surface area contributed by atoms with Crippen molar-refractivity contribution in [1.29, 1.82) is 0 Å². The second-order valence-corrected chi connectivity index (χ2v) is 10.8. The van der Waals surface area contributed by atoms with Gasteiger partial charge in [-0.15, -0.1) is 0 Å². The Morgan fingerprint density at radius 2 is 1.79 bits per heavy atom. The van der Waals surface area contributed by atoms with E-state index in [0.29, 0.717) is 28.1 Å². The Morgan fingerprint density at radius 1 is 1.03 bits per heavy atom. The summed E-state index contributed by atoms with van der Waals surface area (Å²) in [6.45, 7) is 3.64. The summed E-state index contributed by atoms with van der Waals surface area (Å²) in [6.07, 6.45) is 7.96. The number of rotatable bonds is 7. The average molecular weight is 523 g/mol. The fourth-order valence-electron chi connectivity index (χ4n) is 6.90. The van der Waals surface area contributed by atoms with Gasteiger partial charge in [-0.3, -0.25) is 14.4 Å². The minimum atomic E-state index is -1.33. The molecule has 1 spiro atoms. The number of nitrogens with one attached hydrogen (secondary N) is 1. The second kappa shape index (κ2) is 9.60. The third-order valence-corrected chi connectivity index (χ3v) is 8.60. The van der Waals surface area contributed by atoms with Gasteiger partial charge in [-0.05, 0) is 55.2 Å². The van der Waals surface area contributed by atoms with Crippen LogP contribution in [0.25, 0.3) is 6.08 Å². The smallest absolute Gasteiger partial charge is 0.238 e. The van der Waals surface area contributed by atoms with Crippen molar-refractivity contribution in [2.24, 2.45) is 5.92 Å². The lowest BCUT2D eigenvalue weighted by Crippen LogP contribution is -2.51. The molecule has 5 nitrogen and oxygen atoms in total. The van der Waals surface area contributed by atoms with Gasteiger partial charge in [-0.25, -0.2) is 4.39 Å². The minimum absolute atomic E-state index is 0.214. The van der Waals surface area contributed by atoms with Crippen LogP contribution in [0.15, 0.2) is 72.8 Å². The third-order valence-electron chi connectivity index (χ3n) is 8.60. The van der Waals surface area contributed by atoms with E-state index in [2.05, 4.69) is 12.2 Å². The molecule has 3 heterocycles. The molecule has 3 aromatic carbocycles. The molecule has 3 aliphatic rings. The molecular weight excluding hydrogens is 491 g/mol. The average Bonchev–Trinajstić information content (AvgIpc) is 3.41. The number of ketones is 2. The zero-order chi connectivity index (χ0) is 27.3. The molecule has 3 aliphatic heterocycles. The van der Waals surface area contributed by atoms with E-state index >= 15 is 0 Å². The van der Waals surface area contributed by atoms with E-state index in [1.54, 1.807) is 12.1 Å². The predicted octanol–water partition coefficient (Wildman–Crippen LogP) is 6.12. The van der Waals surface area contributed by atoms with Crippen molar-refractivity contribution in [2.45, 2.75) is 57.0 Å². The highest BCUT2D eigenvalue weighted by Gasteiger charge is 2.69. The Labute approximate surface area is 227 Å². The highest BCUT2D eigenvalue weighted by molar-refractivity contribution is 6.16. The number of carbonyl (C=O) groups is 3. The van der Waals surface area contributed by atoms with Crippen LogP contribution in [0.4, 0.5) is 15.8 Å². The highest BCUT2D eigenvalue weighted by Crippen LogP contribution is 2.57.